The van der Waals surface area contributed by atoms with Crippen molar-refractivity contribution in [3.8, 4) is 0 Å². The van der Waals surface area contributed by atoms with Gasteiger partial charge in [-0.3, -0.25) is 13.9 Å². The van der Waals surface area contributed by atoms with Gasteiger partial charge >= 0.3 is 0 Å². The molecule has 7 nitrogen and oxygen atoms in total. The fraction of sp³-hybridized carbons (Fsp3) is 0.462. The second-order valence-electron chi connectivity index (χ2n) is 8.81. The standard InChI is InChI=1S/C26H37N3O4S/c1-6-17-27-26(31)21(4)28(18-16-22-10-8-7-9-11-22)25(30)19-29(34(5,32)33)24-14-12-23(13-15-24)20(2)3/h7-15,20-21H,6,16-19H2,1-5H3,(H,27,31)/t21-/m1/s1. The fourth-order valence-electron chi connectivity index (χ4n) is 3.61. The average molecular weight is 488 g/mol. The molecule has 0 fully saturated rings. The van der Waals surface area contributed by atoms with Crippen LogP contribution in [0.15, 0.2) is 54.6 Å². The number of hydrogen-bond acceptors (Lipinski definition) is 4. The van der Waals surface area contributed by atoms with Crippen LogP contribution < -0.4 is 9.62 Å². The van der Waals surface area contributed by atoms with Crippen molar-refractivity contribution in [1.82, 2.24) is 10.2 Å². The smallest absolute Gasteiger partial charge is 0.244 e. The monoisotopic (exact) mass is 487 g/mol. The van der Waals surface area contributed by atoms with Crippen LogP contribution in [-0.2, 0) is 26.0 Å². The molecule has 1 atom stereocenters. The highest BCUT2D eigenvalue weighted by molar-refractivity contribution is 7.92. The van der Waals surface area contributed by atoms with Crippen LogP contribution in [0.4, 0.5) is 5.69 Å². The summed E-state index contributed by atoms with van der Waals surface area (Å²) in [6.07, 6.45) is 2.42. The Hall–Kier alpha value is -2.87. The SMILES string of the molecule is CCCNC(=O)[C@@H](C)N(CCc1ccccc1)C(=O)CN(c1ccc(C(C)C)cc1)S(C)(=O)=O. The second-order valence-corrected chi connectivity index (χ2v) is 10.7. The number of nitrogens with zero attached hydrogens (tertiary/aromatic N) is 2. The van der Waals surface area contributed by atoms with Gasteiger partial charge in [-0.1, -0.05) is 63.2 Å². The summed E-state index contributed by atoms with van der Waals surface area (Å²) in [6, 6.07) is 16.1. The van der Waals surface area contributed by atoms with E-state index in [0.717, 1.165) is 28.1 Å². The molecular weight excluding hydrogens is 450 g/mol. The third-order valence-corrected chi connectivity index (χ3v) is 6.87. The first kappa shape index (κ1) is 27.4. The van der Waals surface area contributed by atoms with E-state index in [-0.39, 0.29) is 12.5 Å². The zero-order chi connectivity index (χ0) is 25.3. The van der Waals surface area contributed by atoms with Crippen LogP contribution in [-0.4, -0.2) is 57.1 Å². The molecule has 2 aromatic rings. The number of carbonyl (C=O) groups excluding carboxylic acids is 2. The molecule has 0 aliphatic heterocycles. The van der Waals surface area contributed by atoms with Gasteiger partial charge in [0.2, 0.25) is 21.8 Å². The molecule has 0 unspecified atom stereocenters. The molecule has 0 aliphatic carbocycles. The van der Waals surface area contributed by atoms with Crippen LogP contribution in [0.3, 0.4) is 0 Å². The molecule has 0 heterocycles. The highest BCUT2D eigenvalue weighted by Crippen LogP contribution is 2.22. The van der Waals surface area contributed by atoms with Gasteiger partial charge in [-0.05, 0) is 48.9 Å². The number of anilines is 1. The van der Waals surface area contributed by atoms with Crippen molar-refractivity contribution in [2.75, 3.05) is 30.2 Å². The third kappa shape index (κ3) is 7.87. The van der Waals surface area contributed by atoms with E-state index in [4.69, 9.17) is 0 Å². The molecule has 2 aromatic carbocycles. The van der Waals surface area contributed by atoms with Gasteiger partial charge in [-0.25, -0.2) is 8.42 Å². The summed E-state index contributed by atoms with van der Waals surface area (Å²) in [5.41, 5.74) is 2.53. The lowest BCUT2D eigenvalue weighted by atomic mass is 10.0. The van der Waals surface area contributed by atoms with E-state index >= 15 is 0 Å². The lowest BCUT2D eigenvalue weighted by Crippen LogP contribution is -2.52. The van der Waals surface area contributed by atoms with Crippen molar-refractivity contribution in [2.45, 2.75) is 52.5 Å². The summed E-state index contributed by atoms with van der Waals surface area (Å²) in [6.45, 7) is 8.19. The first-order chi connectivity index (χ1) is 16.0. The topological polar surface area (TPSA) is 86.8 Å². The molecule has 0 aliphatic rings. The van der Waals surface area contributed by atoms with E-state index in [2.05, 4.69) is 19.2 Å². The van der Waals surface area contributed by atoms with Crippen LogP contribution in [0.5, 0.6) is 0 Å². The quantitative estimate of drug-likeness (QED) is 0.496. The van der Waals surface area contributed by atoms with E-state index < -0.39 is 22.0 Å². The van der Waals surface area contributed by atoms with Crippen LogP contribution in [0.2, 0.25) is 0 Å². The lowest BCUT2D eigenvalue weighted by molar-refractivity contribution is -0.138. The van der Waals surface area contributed by atoms with Crippen molar-refractivity contribution in [3.63, 3.8) is 0 Å². The summed E-state index contributed by atoms with van der Waals surface area (Å²) in [5, 5.41) is 2.83. The van der Waals surface area contributed by atoms with Crippen LogP contribution in [0.25, 0.3) is 0 Å². The molecule has 2 rings (SSSR count). The average Bonchev–Trinajstić information content (AvgIpc) is 2.81. The molecule has 2 amide bonds. The molecule has 186 valence electrons. The van der Waals surface area contributed by atoms with Crippen molar-refractivity contribution < 1.29 is 18.0 Å². The maximum absolute atomic E-state index is 13.4. The summed E-state index contributed by atoms with van der Waals surface area (Å²) in [4.78, 5) is 27.6. The highest BCUT2D eigenvalue weighted by Gasteiger charge is 2.29. The number of carbonyl (C=O) groups is 2. The molecule has 0 aromatic heterocycles. The maximum Gasteiger partial charge on any atom is 0.244 e. The first-order valence-corrected chi connectivity index (χ1v) is 13.6. The Morgan fingerprint density at radius 2 is 1.59 bits per heavy atom. The summed E-state index contributed by atoms with van der Waals surface area (Å²) in [5.74, 6) is -0.373. The lowest BCUT2D eigenvalue weighted by Gasteiger charge is -2.31. The number of nitrogens with one attached hydrogen (secondary N) is 1. The van der Waals surface area contributed by atoms with Gasteiger partial charge in [0.1, 0.15) is 12.6 Å². The minimum Gasteiger partial charge on any atom is -0.354 e. The maximum atomic E-state index is 13.4. The predicted molar refractivity (Wildman–Crippen MR) is 137 cm³/mol. The zero-order valence-electron chi connectivity index (χ0n) is 20.8. The van der Waals surface area contributed by atoms with Gasteiger partial charge < -0.3 is 10.2 Å². The number of amides is 2. The zero-order valence-corrected chi connectivity index (χ0v) is 21.6. The molecular formula is C26H37N3O4S. The van der Waals surface area contributed by atoms with Crippen LogP contribution >= 0.6 is 0 Å². The second kappa shape index (κ2) is 12.6. The summed E-state index contributed by atoms with van der Waals surface area (Å²) in [7, 11) is -3.72. The summed E-state index contributed by atoms with van der Waals surface area (Å²) < 4.78 is 26.3. The van der Waals surface area contributed by atoms with Gasteiger partial charge in [0.05, 0.1) is 11.9 Å². The van der Waals surface area contributed by atoms with Gasteiger partial charge in [0.15, 0.2) is 0 Å². The van der Waals surface area contributed by atoms with Crippen molar-refractivity contribution >= 4 is 27.5 Å². The van der Waals surface area contributed by atoms with E-state index in [1.54, 1.807) is 19.1 Å². The molecule has 0 saturated heterocycles. The van der Waals surface area contributed by atoms with Crippen molar-refractivity contribution in [1.29, 1.82) is 0 Å². The van der Waals surface area contributed by atoms with E-state index in [9.17, 15) is 18.0 Å². The van der Waals surface area contributed by atoms with E-state index in [1.165, 1.54) is 4.90 Å². The van der Waals surface area contributed by atoms with Gasteiger partial charge in [-0.15, -0.1) is 0 Å². The largest absolute Gasteiger partial charge is 0.354 e. The Bertz CT molecular complexity index is 1040. The van der Waals surface area contributed by atoms with Crippen LogP contribution in [0.1, 0.15) is 51.2 Å². The Kier molecular flexibility index (Phi) is 10.1. The van der Waals surface area contributed by atoms with Crippen molar-refractivity contribution in [2.24, 2.45) is 0 Å². The molecule has 0 spiro atoms. The Labute approximate surface area is 204 Å². The third-order valence-electron chi connectivity index (χ3n) is 5.73. The van der Waals surface area contributed by atoms with Crippen molar-refractivity contribution in [3.05, 3.63) is 65.7 Å². The Balaban J connectivity index is 2.29. The van der Waals surface area contributed by atoms with Gasteiger partial charge in [0.25, 0.3) is 0 Å². The van der Waals surface area contributed by atoms with Gasteiger partial charge in [0, 0.05) is 13.1 Å². The summed E-state index contributed by atoms with van der Waals surface area (Å²) >= 11 is 0. The molecule has 0 saturated carbocycles. The number of sulfonamides is 1. The number of rotatable bonds is 12. The van der Waals surface area contributed by atoms with Gasteiger partial charge in [-0.2, -0.15) is 0 Å². The predicted octanol–water partition coefficient (Wildman–Crippen LogP) is 3.56. The molecule has 8 heteroatoms. The molecule has 1 N–H and O–H groups in total. The minimum atomic E-state index is -3.72. The molecule has 0 bridgehead atoms. The first-order valence-electron chi connectivity index (χ1n) is 11.7. The minimum absolute atomic E-state index is 0.254. The van der Waals surface area contributed by atoms with Crippen LogP contribution in [0, 0.1) is 0 Å². The normalized spacial score (nSPS) is 12.3. The Morgan fingerprint density at radius 1 is 0.971 bits per heavy atom. The van der Waals surface area contributed by atoms with E-state index in [1.807, 2.05) is 49.4 Å². The number of hydrogen-bond donors (Lipinski definition) is 1. The Morgan fingerprint density at radius 3 is 2.12 bits per heavy atom. The fourth-order valence-corrected chi connectivity index (χ4v) is 4.45. The van der Waals surface area contributed by atoms with E-state index in [0.29, 0.717) is 31.1 Å². The number of benzene rings is 2. The molecule has 34 heavy (non-hydrogen) atoms. The highest BCUT2D eigenvalue weighted by atomic mass is 32.2. The molecule has 0 radical (unpaired) electrons.